The summed E-state index contributed by atoms with van der Waals surface area (Å²) in [7, 11) is 0. The number of hydrogen-bond acceptors (Lipinski definition) is 3. The van der Waals surface area contributed by atoms with Crippen LogP contribution in [-0.2, 0) is 0 Å². The highest BCUT2D eigenvalue weighted by Gasteiger charge is 2.24. The molecule has 3 unspecified atom stereocenters. The molecule has 1 saturated heterocycles. The monoisotopic (exact) mass is 212 g/mol. The van der Waals surface area contributed by atoms with Gasteiger partial charge in [-0.25, -0.2) is 0 Å². The lowest BCUT2D eigenvalue weighted by Gasteiger charge is -2.30. The number of hydrogen-bond donors (Lipinski definition) is 3. The predicted molar refractivity (Wildman–Crippen MR) is 61.9 cm³/mol. The number of rotatable bonds is 2. The van der Waals surface area contributed by atoms with Crippen molar-refractivity contribution in [2.45, 2.75) is 63.1 Å². The van der Waals surface area contributed by atoms with E-state index in [0.29, 0.717) is 12.1 Å². The lowest BCUT2D eigenvalue weighted by atomic mass is 10.0. The van der Waals surface area contributed by atoms with E-state index in [-0.39, 0.29) is 6.10 Å². The maximum atomic E-state index is 10.00. The Morgan fingerprint density at radius 1 is 1.00 bits per heavy atom. The summed E-state index contributed by atoms with van der Waals surface area (Å²) in [4.78, 5) is 0. The molecule has 3 heteroatoms. The molecule has 2 aliphatic rings. The Labute approximate surface area is 92.6 Å². The van der Waals surface area contributed by atoms with Crippen LogP contribution in [0.5, 0.6) is 0 Å². The summed E-state index contributed by atoms with van der Waals surface area (Å²) in [5.74, 6) is 0. The normalized spacial score (nSPS) is 38.6. The molecule has 0 amide bonds. The first kappa shape index (κ1) is 11.4. The maximum absolute atomic E-state index is 10.00. The van der Waals surface area contributed by atoms with Gasteiger partial charge in [-0.15, -0.1) is 0 Å². The Balaban J connectivity index is 1.79. The van der Waals surface area contributed by atoms with E-state index in [1.165, 1.54) is 32.1 Å². The second-order valence-corrected chi connectivity index (χ2v) is 5.02. The van der Waals surface area contributed by atoms with Gasteiger partial charge in [0, 0.05) is 18.6 Å². The van der Waals surface area contributed by atoms with Crippen molar-refractivity contribution in [3.63, 3.8) is 0 Å². The molecule has 0 aromatic heterocycles. The molecule has 0 radical (unpaired) electrons. The van der Waals surface area contributed by atoms with Gasteiger partial charge in [0.1, 0.15) is 0 Å². The summed E-state index contributed by atoms with van der Waals surface area (Å²) in [5.41, 5.74) is 0. The van der Waals surface area contributed by atoms with Crippen molar-refractivity contribution < 1.29 is 5.11 Å². The fourth-order valence-electron chi connectivity index (χ4n) is 2.78. The zero-order valence-corrected chi connectivity index (χ0v) is 9.54. The highest BCUT2D eigenvalue weighted by Crippen LogP contribution is 2.19. The van der Waals surface area contributed by atoms with Crippen molar-refractivity contribution >= 4 is 0 Å². The first-order valence-electron chi connectivity index (χ1n) is 6.51. The summed E-state index contributed by atoms with van der Waals surface area (Å²) < 4.78 is 0. The molecular formula is C12H24N2O. The average molecular weight is 212 g/mol. The van der Waals surface area contributed by atoms with Gasteiger partial charge in [-0.1, -0.05) is 19.3 Å². The van der Waals surface area contributed by atoms with Gasteiger partial charge < -0.3 is 15.7 Å². The Morgan fingerprint density at radius 3 is 2.67 bits per heavy atom. The van der Waals surface area contributed by atoms with Gasteiger partial charge in [0.2, 0.25) is 0 Å². The topological polar surface area (TPSA) is 44.3 Å². The average Bonchev–Trinajstić information content (AvgIpc) is 2.46. The molecule has 3 N–H and O–H groups in total. The van der Waals surface area contributed by atoms with Crippen LogP contribution in [0.3, 0.4) is 0 Å². The van der Waals surface area contributed by atoms with Crippen LogP contribution < -0.4 is 10.6 Å². The van der Waals surface area contributed by atoms with Crippen LogP contribution in [0.4, 0.5) is 0 Å². The van der Waals surface area contributed by atoms with Crippen LogP contribution in [0.1, 0.15) is 44.9 Å². The fraction of sp³-hybridized carbons (Fsp3) is 1.00. The predicted octanol–water partition coefficient (Wildman–Crippen LogP) is 1.02. The summed E-state index contributed by atoms with van der Waals surface area (Å²) in [6.07, 6.45) is 8.30. The Morgan fingerprint density at radius 2 is 1.87 bits per heavy atom. The van der Waals surface area contributed by atoms with E-state index in [9.17, 15) is 5.11 Å². The Bertz CT molecular complexity index is 180. The molecule has 3 atom stereocenters. The van der Waals surface area contributed by atoms with E-state index in [4.69, 9.17) is 0 Å². The summed E-state index contributed by atoms with van der Waals surface area (Å²) in [6.45, 7) is 2.23. The number of nitrogens with one attached hydrogen (secondary N) is 2. The van der Waals surface area contributed by atoms with E-state index in [1.54, 1.807) is 0 Å². The number of piperidine rings is 1. The molecule has 1 aliphatic heterocycles. The van der Waals surface area contributed by atoms with E-state index < -0.39 is 0 Å². The van der Waals surface area contributed by atoms with Gasteiger partial charge in [0.15, 0.2) is 0 Å². The van der Waals surface area contributed by atoms with Gasteiger partial charge in [0.05, 0.1) is 6.10 Å². The molecule has 0 bridgehead atoms. The highest BCUT2D eigenvalue weighted by atomic mass is 16.3. The highest BCUT2D eigenvalue weighted by molar-refractivity contribution is 4.84. The Kier molecular flexibility index (Phi) is 4.42. The van der Waals surface area contributed by atoms with Crippen molar-refractivity contribution in [3.8, 4) is 0 Å². The third kappa shape index (κ3) is 3.44. The molecule has 1 saturated carbocycles. The lowest BCUT2D eigenvalue weighted by molar-refractivity contribution is 0.111. The molecule has 2 fully saturated rings. The Hall–Kier alpha value is -0.120. The number of aliphatic hydroxyl groups is 1. The first-order valence-corrected chi connectivity index (χ1v) is 6.51. The molecule has 0 spiro atoms. The minimum atomic E-state index is -0.116. The third-order valence-electron chi connectivity index (χ3n) is 3.73. The maximum Gasteiger partial charge on any atom is 0.0693 e. The standard InChI is InChI=1S/C12H24N2O/c15-12-7-3-1-2-6-11(12)14-10-5-4-8-13-9-10/h10-15H,1-9H2. The SMILES string of the molecule is OC1CCCCCC1NC1CCCNC1. The smallest absolute Gasteiger partial charge is 0.0693 e. The molecular weight excluding hydrogens is 188 g/mol. The van der Waals surface area contributed by atoms with Crippen LogP contribution in [-0.4, -0.2) is 36.4 Å². The van der Waals surface area contributed by atoms with Crippen molar-refractivity contribution in [1.82, 2.24) is 10.6 Å². The molecule has 88 valence electrons. The third-order valence-corrected chi connectivity index (χ3v) is 3.73. The van der Waals surface area contributed by atoms with Crippen molar-refractivity contribution in [3.05, 3.63) is 0 Å². The van der Waals surface area contributed by atoms with Crippen molar-refractivity contribution in [1.29, 1.82) is 0 Å². The van der Waals surface area contributed by atoms with E-state index >= 15 is 0 Å². The molecule has 0 aromatic rings. The van der Waals surface area contributed by atoms with Crippen LogP contribution >= 0.6 is 0 Å². The molecule has 1 heterocycles. The summed E-state index contributed by atoms with van der Waals surface area (Å²) >= 11 is 0. The van der Waals surface area contributed by atoms with Gasteiger partial charge in [-0.3, -0.25) is 0 Å². The van der Waals surface area contributed by atoms with Gasteiger partial charge in [0.25, 0.3) is 0 Å². The van der Waals surface area contributed by atoms with Crippen LogP contribution in [0.15, 0.2) is 0 Å². The largest absolute Gasteiger partial charge is 0.392 e. The lowest BCUT2D eigenvalue weighted by Crippen LogP contribution is -2.50. The fourth-order valence-corrected chi connectivity index (χ4v) is 2.78. The van der Waals surface area contributed by atoms with Crippen molar-refractivity contribution in [2.75, 3.05) is 13.1 Å². The quantitative estimate of drug-likeness (QED) is 0.599. The second-order valence-electron chi connectivity index (χ2n) is 5.02. The van der Waals surface area contributed by atoms with Gasteiger partial charge >= 0.3 is 0 Å². The van der Waals surface area contributed by atoms with E-state index in [1.807, 2.05) is 0 Å². The number of aliphatic hydroxyl groups excluding tert-OH is 1. The first-order chi connectivity index (χ1) is 7.36. The summed E-state index contributed by atoms with van der Waals surface area (Å²) in [6, 6.07) is 0.925. The van der Waals surface area contributed by atoms with Gasteiger partial charge in [-0.05, 0) is 32.2 Å². The van der Waals surface area contributed by atoms with E-state index in [0.717, 1.165) is 25.9 Å². The molecule has 3 nitrogen and oxygen atoms in total. The van der Waals surface area contributed by atoms with Gasteiger partial charge in [-0.2, -0.15) is 0 Å². The van der Waals surface area contributed by atoms with Crippen molar-refractivity contribution in [2.24, 2.45) is 0 Å². The molecule has 2 rings (SSSR count). The molecule has 0 aromatic carbocycles. The zero-order chi connectivity index (χ0) is 10.5. The second kappa shape index (κ2) is 5.83. The van der Waals surface area contributed by atoms with E-state index in [2.05, 4.69) is 10.6 Å². The zero-order valence-electron chi connectivity index (χ0n) is 9.54. The summed E-state index contributed by atoms with van der Waals surface area (Å²) in [5, 5.41) is 17.0. The van der Waals surface area contributed by atoms with Crippen LogP contribution in [0.2, 0.25) is 0 Å². The minimum Gasteiger partial charge on any atom is -0.392 e. The van der Waals surface area contributed by atoms with Crippen LogP contribution in [0, 0.1) is 0 Å². The van der Waals surface area contributed by atoms with Crippen LogP contribution in [0.25, 0.3) is 0 Å². The minimum absolute atomic E-state index is 0.116. The molecule has 1 aliphatic carbocycles. The molecule has 15 heavy (non-hydrogen) atoms.